The van der Waals surface area contributed by atoms with Crippen LogP contribution in [0.5, 0.6) is 0 Å². The first-order valence-corrected chi connectivity index (χ1v) is 8.31. The van der Waals surface area contributed by atoms with E-state index in [2.05, 4.69) is 10.3 Å². The lowest BCUT2D eigenvalue weighted by atomic mass is 10.2. The van der Waals surface area contributed by atoms with Gasteiger partial charge in [0.2, 0.25) is 0 Å². The van der Waals surface area contributed by atoms with Gasteiger partial charge in [-0.3, -0.25) is 0 Å². The van der Waals surface area contributed by atoms with E-state index in [9.17, 15) is 8.42 Å². The quantitative estimate of drug-likeness (QED) is 0.867. The van der Waals surface area contributed by atoms with Crippen LogP contribution in [0.3, 0.4) is 0 Å². The van der Waals surface area contributed by atoms with Crippen LogP contribution in [0.1, 0.15) is 25.6 Å². The standard InChI is InChI=1S/C12H20N4O2S.ClH/c1-10-8-13-5-7-16(10)19(17,18)12-9-15-6-3-2-4-11(15)14-12;/h9-10,13H,2-8H2,1H3;1H. The Bertz CT molecular complexity index is 549. The molecule has 0 spiro atoms. The SMILES string of the molecule is CC1CNCCN1S(=O)(=O)c1cn2c(n1)CCCC2.Cl. The molecule has 1 saturated heterocycles. The van der Waals surface area contributed by atoms with E-state index in [4.69, 9.17) is 0 Å². The van der Waals surface area contributed by atoms with E-state index in [0.29, 0.717) is 19.6 Å². The van der Waals surface area contributed by atoms with Crippen LogP contribution < -0.4 is 5.32 Å². The van der Waals surface area contributed by atoms with Gasteiger partial charge >= 0.3 is 0 Å². The number of fused-ring (bicyclic) bond motifs is 1. The summed E-state index contributed by atoms with van der Waals surface area (Å²) < 4.78 is 28.8. The van der Waals surface area contributed by atoms with Gasteiger partial charge < -0.3 is 9.88 Å². The lowest BCUT2D eigenvalue weighted by molar-refractivity contribution is 0.283. The summed E-state index contributed by atoms with van der Waals surface area (Å²) in [5.41, 5.74) is 0. The van der Waals surface area contributed by atoms with Crippen molar-refractivity contribution in [1.29, 1.82) is 0 Å². The maximum absolute atomic E-state index is 12.6. The van der Waals surface area contributed by atoms with Gasteiger partial charge in [-0.15, -0.1) is 12.4 Å². The van der Waals surface area contributed by atoms with Gasteiger partial charge in [0.25, 0.3) is 10.0 Å². The highest BCUT2D eigenvalue weighted by Gasteiger charge is 2.33. The van der Waals surface area contributed by atoms with Crippen LogP contribution in [0.15, 0.2) is 11.2 Å². The van der Waals surface area contributed by atoms with E-state index >= 15 is 0 Å². The molecule has 1 fully saturated rings. The number of sulfonamides is 1. The highest BCUT2D eigenvalue weighted by Crippen LogP contribution is 2.22. The summed E-state index contributed by atoms with van der Waals surface area (Å²) in [6.07, 6.45) is 4.79. The van der Waals surface area contributed by atoms with E-state index in [-0.39, 0.29) is 23.5 Å². The minimum absolute atomic E-state index is 0. The zero-order valence-corrected chi connectivity index (χ0v) is 13.2. The average molecular weight is 321 g/mol. The van der Waals surface area contributed by atoms with Gasteiger partial charge in [0, 0.05) is 44.8 Å². The third kappa shape index (κ3) is 2.72. The molecule has 0 radical (unpaired) electrons. The molecule has 20 heavy (non-hydrogen) atoms. The Morgan fingerprint density at radius 2 is 2.15 bits per heavy atom. The molecule has 0 bridgehead atoms. The molecule has 114 valence electrons. The van der Waals surface area contributed by atoms with E-state index in [1.165, 1.54) is 0 Å². The van der Waals surface area contributed by atoms with Crippen molar-refractivity contribution >= 4 is 22.4 Å². The number of nitrogens with zero attached hydrogens (tertiary/aromatic N) is 3. The molecule has 6 nitrogen and oxygen atoms in total. The lowest BCUT2D eigenvalue weighted by Gasteiger charge is -2.32. The maximum atomic E-state index is 12.6. The van der Waals surface area contributed by atoms with Crippen LogP contribution in [0.25, 0.3) is 0 Å². The van der Waals surface area contributed by atoms with Crippen molar-refractivity contribution in [3.05, 3.63) is 12.0 Å². The summed E-state index contributed by atoms with van der Waals surface area (Å²) in [5, 5.41) is 3.43. The fourth-order valence-electron chi connectivity index (χ4n) is 2.81. The van der Waals surface area contributed by atoms with Gasteiger partial charge in [0.05, 0.1) is 0 Å². The van der Waals surface area contributed by atoms with Crippen molar-refractivity contribution in [2.24, 2.45) is 0 Å². The minimum Gasteiger partial charge on any atom is -0.333 e. The molecule has 1 atom stereocenters. The van der Waals surface area contributed by atoms with Crippen LogP contribution in [0.4, 0.5) is 0 Å². The van der Waals surface area contributed by atoms with Gasteiger partial charge in [-0.25, -0.2) is 13.4 Å². The fraction of sp³-hybridized carbons (Fsp3) is 0.750. The van der Waals surface area contributed by atoms with Gasteiger partial charge in [0.15, 0.2) is 5.03 Å². The molecule has 2 aliphatic heterocycles. The number of aryl methyl sites for hydroxylation is 2. The first kappa shape index (κ1) is 15.8. The molecule has 1 unspecified atom stereocenters. The molecule has 0 saturated carbocycles. The van der Waals surface area contributed by atoms with Crippen LogP contribution in [-0.4, -0.2) is 48.0 Å². The van der Waals surface area contributed by atoms with Crippen molar-refractivity contribution in [2.45, 2.75) is 43.8 Å². The predicted molar refractivity (Wildman–Crippen MR) is 78.6 cm³/mol. The summed E-state index contributed by atoms with van der Waals surface area (Å²) >= 11 is 0. The second-order valence-corrected chi connectivity index (χ2v) is 7.15. The number of rotatable bonds is 2. The van der Waals surface area contributed by atoms with E-state index in [1.54, 1.807) is 10.5 Å². The number of hydrogen-bond donors (Lipinski definition) is 1. The van der Waals surface area contributed by atoms with Gasteiger partial charge in [-0.1, -0.05) is 0 Å². The lowest BCUT2D eigenvalue weighted by Crippen LogP contribution is -2.52. The van der Waals surface area contributed by atoms with Gasteiger partial charge in [-0.2, -0.15) is 4.31 Å². The van der Waals surface area contributed by atoms with E-state index in [1.807, 2.05) is 11.5 Å². The Labute approximate surface area is 126 Å². The molecule has 3 heterocycles. The van der Waals surface area contributed by atoms with Crippen LogP contribution in [0, 0.1) is 0 Å². The molecular weight excluding hydrogens is 300 g/mol. The van der Waals surface area contributed by atoms with E-state index in [0.717, 1.165) is 31.6 Å². The molecule has 1 N–H and O–H groups in total. The number of hydrogen-bond acceptors (Lipinski definition) is 4. The summed E-state index contributed by atoms with van der Waals surface area (Å²) in [6.45, 7) is 4.74. The molecular formula is C12H21ClN4O2S. The Hall–Kier alpha value is -0.630. The Morgan fingerprint density at radius 1 is 1.35 bits per heavy atom. The zero-order valence-electron chi connectivity index (χ0n) is 11.6. The Morgan fingerprint density at radius 3 is 2.85 bits per heavy atom. The third-order valence-electron chi connectivity index (χ3n) is 3.90. The second kappa shape index (κ2) is 6.01. The second-order valence-electron chi connectivity index (χ2n) is 5.31. The summed E-state index contributed by atoms with van der Waals surface area (Å²) in [6, 6.07) is -0.0162. The summed E-state index contributed by atoms with van der Waals surface area (Å²) in [5.74, 6) is 0.910. The minimum atomic E-state index is -3.44. The smallest absolute Gasteiger partial charge is 0.262 e. The fourth-order valence-corrected chi connectivity index (χ4v) is 4.41. The maximum Gasteiger partial charge on any atom is 0.262 e. The summed E-state index contributed by atoms with van der Waals surface area (Å²) in [7, 11) is -3.44. The van der Waals surface area contributed by atoms with Crippen molar-refractivity contribution in [2.75, 3.05) is 19.6 Å². The number of piperazine rings is 1. The number of aromatic nitrogens is 2. The summed E-state index contributed by atoms with van der Waals surface area (Å²) in [4.78, 5) is 4.35. The number of imidazole rings is 1. The van der Waals surface area contributed by atoms with Crippen molar-refractivity contribution in [1.82, 2.24) is 19.2 Å². The normalized spacial score (nSPS) is 23.9. The molecule has 0 amide bonds. The molecule has 2 aliphatic rings. The molecule has 0 aliphatic carbocycles. The van der Waals surface area contributed by atoms with Gasteiger partial charge in [-0.05, 0) is 19.8 Å². The van der Waals surface area contributed by atoms with Gasteiger partial charge in [0.1, 0.15) is 5.82 Å². The highest BCUT2D eigenvalue weighted by molar-refractivity contribution is 7.89. The molecule has 1 aromatic rings. The topological polar surface area (TPSA) is 67.2 Å². The van der Waals surface area contributed by atoms with Crippen molar-refractivity contribution in [3.8, 4) is 0 Å². The first-order chi connectivity index (χ1) is 9.09. The zero-order chi connectivity index (χ0) is 13.5. The van der Waals surface area contributed by atoms with Crippen molar-refractivity contribution in [3.63, 3.8) is 0 Å². The molecule has 0 aromatic carbocycles. The van der Waals surface area contributed by atoms with Crippen molar-refractivity contribution < 1.29 is 8.42 Å². The van der Waals surface area contributed by atoms with Crippen LogP contribution in [-0.2, 0) is 23.0 Å². The Kier molecular flexibility index (Phi) is 4.73. The highest BCUT2D eigenvalue weighted by atomic mass is 35.5. The number of halogens is 1. The van der Waals surface area contributed by atoms with Crippen LogP contribution >= 0.6 is 12.4 Å². The van der Waals surface area contributed by atoms with Crippen LogP contribution in [0.2, 0.25) is 0 Å². The largest absolute Gasteiger partial charge is 0.333 e. The molecule has 3 rings (SSSR count). The first-order valence-electron chi connectivity index (χ1n) is 6.87. The average Bonchev–Trinajstić information content (AvgIpc) is 2.83. The predicted octanol–water partition coefficient (Wildman–Crippen LogP) is 0.624. The molecule has 1 aromatic heterocycles. The number of nitrogens with one attached hydrogen (secondary N) is 1. The monoisotopic (exact) mass is 320 g/mol. The van der Waals surface area contributed by atoms with E-state index < -0.39 is 10.0 Å². The Balaban J connectivity index is 0.00000147. The molecule has 8 heteroatoms. The third-order valence-corrected chi connectivity index (χ3v) is 5.79.